The van der Waals surface area contributed by atoms with Crippen LogP contribution in [0.3, 0.4) is 0 Å². The Bertz CT molecular complexity index is 1270. The van der Waals surface area contributed by atoms with Crippen LogP contribution in [0.25, 0.3) is 11.4 Å². The van der Waals surface area contributed by atoms with E-state index in [0.29, 0.717) is 23.5 Å². The van der Waals surface area contributed by atoms with Crippen LogP contribution in [-0.4, -0.2) is 69.8 Å². The van der Waals surface area contributed by atoms with Gasteiger partial charge in [-0.05, 0) is 73.3 Å². The number of ether oxygens (including phenoxy) is 1. The number of anilines is 2. The number of aliphatic hydroxyl groups excluding tert-OH is 1. The minimum Gasteiger partial charge on any atom is -0.380 e. The SMILES string of the molecule is O=C(Nc1ccc(-c2noc(=O)[nH]2)cc1)C(O)C1OCCN(c2ccc(SN3CCCC3)cc2)C1=O. The van der Waals surface area contributed by atoms with Crippen LogP contribution in [-0.2, 0) is 14.3 Å². The third-order valence-corrected chi connectivity index (χ3v) is 7.10. The van der Waals surface area contributed by atoms with Crippen LogP contribution in [0.5, 0.6) is 0 Å². The first-order valence-electron chi connectivity index (χ1n) is 11.6. The standard InChI is InChI=1S/C24H25N5O6S/c30-19(22(31)25-16-5-3-15(4-6-16)21-26-24(33)35-27-21)20-23(32)29(13-14-34-20)17-7-9-18(10-8-17)36-28-11-1-2-12-28/h3-10,19-20,30H,1-2,11-14H2,(H,25,31)(H,26,27,33). The van der Waals surface area contributed by atoms with Gasteiger partial charge in [-0.15, -0.1) is 0 Å². The molecular formula is C24H25N5O6S. The van der Waals surface area contributed by atoms with Crippen LogP contribution in [0.2, 0.25) is 0 Å². The van der Waals surface area contributed by atoms with Gasteiger partial charge in [0.25, 0.3) is 11.8 Å². The minimum absolute atomic E-state index is 0.190. The van der Waals surface area contributed by atoms with Gasteiger partial charge in [-0.3, -0.25) is 19.1 Å². The summed E-state index contributed by atoms with van der Waals surface area (Å²) in [5, 5.41) is 16.8. The van der Waals surface area contributed by atoms with Crippen molar-refractivity contribution >= 4 is 35.1 Å². The highest BCUT2D eigenvalue weighted by Crippen LogP contribution is 2.29. The number of morpholine rings is 1. The van der Waals surface area contributed by atoms with Gasteiger partial charge in [0.2, 0.25) is 0 Å². The molecule has 12 heteroatoms. The number of nitrogens with zero attached hydrogens (tertiary/aromatic N) is 3. The van der Waals surface area contributed by atoms with Crippen molar-refractivity contribution in [3.63, 3.8) is 0 Å². The number of hydrogen-bond acceptors (Lipinski definition) is 9. The zero-order valence-corrected chi connectivity index (χ0v) is 20.1. The molecule has 3 N–H and O–H groups in total. The second-order valence-electron chi connectivity index (χ2n) is 8.46. The molecule has 0 radical (unpaired) electrons. The quantitative estimate of drug-likeness (QED) is 0.405. The van der Waals surface area contributed by atoms with Crippen molar-refractivity contribution in [2.24, 2.45) is 0 Å². The van der Waals surface area contributed by atoms with E-state index in [2.05, 4.69) is 24.3 Å². The molecule has 2 atom stereocenters. The van der Waals surface area contributed by atoms with Crippen LogP contribution >= 0.6 is 11.9 Å². The van der Waals surface area contributed by atoms with E-state index in [4.69, 9.17) is 4.74 Å². The fraction of sp³-hybridized carbons (Fsp3) is 0.333. The van der Waals surface area contributed by atoms with Crippen LogP contribution in [0.4, 0.5) is 11.4 Å². The van der Waals surface area contributed by atoms with E-state index in [-0.39, 0.29) is 12.4 Å². The zero-order chi connectivity index (χ0) is 25.1. The average Bonchev–Trinajstić information content (AvgIpc) is 3.57. The summed E-state index contributed by atoms with van der Waals surface area (Å²) in [6.45, 7) is 2.66. The molecule has 0 aliphatic carbocycles. The van der Waals surface area contributed by atoms with Crippen LogP contribution < -0.4 is 16.0 Å². The summed E-state index contributed by atoms with van der Waals surface area (Å²) in [6.07, 6.45) is -0.601. The molecule has 0 saturated carbocycles. The van der Waals surface area contributed by atoms with E-state index in [1.165, 1.54) is 17.7 Å². The lowest BCUT2D eigenvalue weighted by molar-refractivity contribution is -0.150. The highest BCUT2D eigenvalue weighted by atomic mass is 32.2. The van der Waals surface area contributed by atoms with Gasteiger partial charge in [0.1, 0.15) is 0 Å². The first-order chi connectivity index (χ1) is 17.5. The molecule has 2 fully saturated rings. The van der Waals surface area contributed by atoms with Crippen LogP contribution in [0.15, 0.2) is 62.7 Å². The van der Waals surface area contributed by atoms with E-state index in [1.807, 2.05) is 24.3 Å². The summed E-state index contributed by atoms with van der Waals surface area (Å²) in [7, 11) is 0. The number of amides is 2. The number of aromatic amines is 1. The molecule has 188 valence electrons. The normalized spacial score (nSPS) is 19.4. The molecule has 2 amide bonds. The highest BCUT2D eigenvalue weighted by molar-refractivity contribution is 7.97. The predicted molar refractivity (Wildman–Crippen MR) is 132 cm³/mol. The Morgan fingerprint density at radius 2 is 1.81 bits per heavy atom. The molecule has 1 aromatic heterocycles. The van der Waals surface area contributed by atoms with Crippen molar-refractivity contribution in [3.05, 3.63) is 59.1 Å². The first-order valence-corrected chi connectivity index (χ1v) is 12.4. The van der Waals surface area contributed by atoms with E-state index < -0.39 is 29.8 Å². The molecule has 11 nitrogen and oxygen atoms in total. The molecule has 3 heterocycles. The summed E-state index contributed by atoms with van der Waals surface area (Å²) in [4.78, 5) is 41.9. The third kappa shape index (κ3) is 5.36. The fourth-order valence-corrected chi connectivity index (χ4v) is 5.12. The van der Waals surface area contributed by atoms with E-state index in [9.17, 15) is 19.5 Å². The van der Waals surface area contributed by atoms with Gasteiger partial charge in [0.15, 0.2) is 18.0 Å². The lowest BCUT2D eigenvalue weighted by Crippen LogP contribution is -2.55. The predicted octanol–water partition coefficient (Wildman–Crippen LogP) is 1.86. The average molecular weight is 512 g/mol. The third-order valence-electron chi connectivity index (χ3n) is 5.99. The summed E-state index contributed by atoms with van der Waals surface area (Å²) < 4.78 is 12.3. The van der Waals surface area contributed by atoms with Crippen molar-refractivity contribution in [1.29, 1.82) is 0 Å². The molecule has 5 rings (SSSR count). The Kier molecular flexibility index (Phi) is 7.18. The molecule has 2 saturated heterocycles. The first kappa shape index (κ1) is 24.3. The zero-order valence-electron chi connectivity index (χ0n) is 19.3. The molecule has 2 aromatic carbocycles. The lowest BCUT2D eigenvalue weighted by Gasteiger charge is -2.34. The van der Waals surface area contributed by atoms with Crippen molar-refractivity contribution in [1.82, 2.24) is 14.4 Å². The lowest BCUT2D eigenvalue weighted by atomic mass is 10.1. The number of hydrogen-bond donors (Lipinski definition) is 3. The molecule has 2 aliphatic heterocycles. The molecule has 36 heavy (non-hydrogen) atoms. The maximum atomic E-state index is 13.1. The molecular weight excluding hydrogens is 486 g/mol. The summed E-state index contributed by atoms with van der Waals surface area (Å²) in [5.41, 5.74) is 1.65. The number of rotatable bonds is 7. The molecule has 0 bridgehead atoms. The monoisotopic (exact) mass is 511 g/mol. The van der Waals surface area contributed by atoms with Crippen molar-refractivity contribution in [2.75, 3.05) is 36.5 Å². The number of H-pyrrole nitrogens is 1. The molecule has 3 aromatic rings. The summed E-state index contributed by atoms with van der Waals surface area (Å²) in [5.74, 6) is -1.67. The van der Waals surface area contributed by atoms with Gasteiger partial charge >= 0.3 is 5.76 Å². The smallest absolute Gasteiger partial charge is 0.380 e. The second kappa shape index (κ2) is 10.7. The number of carbonyl (C=O) groups excluding carboxylic acids is 2. The van der Waals surface area contributed by atoms with E-state index in [1.54, 1.807) is 36.2 Å². The van der Waals surface area contributed by atoms with Crippen molar-refractivity contribution in [3.8, 4) is 11.4 Å². The van der Waals surface area contributed by atoms with Crippen molar-refractivity contribution < 1.29 is 24.0 Å². The second-order valence-corrected chi connectivity index (χ2v) is 9.63. The molecule has 2 unspecified atom stereocenters. The molecule has 2 aliphatic rings. The Balaban J connectivity index is 1.20. The topological polar surface area (TPSA) is 141 Å². The minimum atomic E-state index is -1.70. The number of carbonyl (C=O) groups is 2. The highest BCUT2D eigenvalue weighted by Gasteiger charge is 2.39. The molecule has 0 spiro atoms. The summed E-state index contributed by atoms with van der Waals surface area (Å²) in [6, 6.07) is 14.1. The van der Waals surface area contributed by atoms with Crippen LogP contribution in [0.1, 0.15) is 12.8 Å². The van der Waals surface area contributed by atoms with Gasteiger partial charge in [-0.25, -0.2) is 9.10 Å². The van der Waals surface area contributed by atoms with Gasteiger partial charge < -0.3 is 20.1 Å². The fourth-order valence-electron chi connectivity index (χ4n) is 4.12. The van der Waals surface area contributed by atoms with Gasteiger partial charge in [-0.2, -0.15) is 0 Å². The maximum absolute atomic E-state index is 13.1. The Labute approximate surface area is 210 Å². The number of aliphatic hydroxyl groups is 1. The van der Waals surface area contributed by atoms with Gasteiger partial charge in [0.05, 0.1) is 6.61 Å². The largest absolute Gasteiger partial charge is 0.439 e. The van der Waals surface area contributed by atoms with Gasteiger partial charge in [-0.1, -0.05) is 5.16 Å². The van der Waals surface area contributed by atoms with E-state index in [0.717, 1.165) is 18.0 Å². The summed E-state index contributed by atoms with van der Waals surface area (Å²) >= 11 is 1.71. The number of nitrogens with one attached hydrogen (secondary N) is 2. The Morgan fingerprint density at radius 3 is 2.47 bits per heavy atom. The van der Waals surface area contributed by atoms with E-state index >= 15 is 0 Å². The van der Waals surface area contributed by atoms with Gasteiger partial charge in [0, 0.05) is 41.5 Å². The van der Waals surface area contributed by atoms with Crippen molar-refractivity contribution in [2.45, 2.75) is 29.9 Å². The number of benzene rings is 2. The maximum Gasteiger partial charge on any atom is 0.439 e. The Hall–Kier alpha value is -3.45. The Morgan fingerprint density at radius 1 is 1.08 bits per heavy atom. The van der Waals surface area contributed by atoms with Crippen LogP contribution in [0, 0.1) is 0 Å². The number of aromatic nitrogens is 2.